The fourth-order valence-corrected chi connectivity index (χ4v) is 3.23. The molecule has 21 heavy (non-hydrogen) atoms. The van der Waals surface area contributed by atoms with Crippen molar-refractivity contribution >= 4 is 31.8 Å². The highest BCUT2D eigenvalue weighted by Crippen LogP contribution is 2.22. The molecule has 1 fully saturated rings. The Bertz CT molecular complexity index is 588. The first kappa shape index (κ1) is 16.7. The Morgan fingerprint density at radius 3 is 2.71 bits per heavy atom. The fraction of sp³-hybridized carbons (Fsp3) is 0.571. The lowest BCUT2D eigenvalue weighted by molar-refractivity contribution is 0.458. The van der Waals surface area contributed by atoms with Crippen LogP contribution in [0.5, 0.6) is 0 Å². The van der Waals surface area contributed by atoms with E-state index in [0.717, 1.165) is 23.0 Å². The van der Waals surface area contributed by atoms with Crippen LogP contribution in [0.2, 0.25) is 0 Å². The Morgan fingerprint density at radius 2 is 2.10 bits per heavy atom. The van der Waals surface area contributed by atoms with Gasteiger partial charge in [-0.15, -0.1) is 0 Å². The molecule has 1 aromatic rings. The second-order valence-electron chi connectivity index (χ2n) is 5.47. The molecule has 1 aromatic carbocycles. The molecule has 1 aliphatic rings. The van der Waals surface area contributed by atoms with E-state index in [9.17, 15) is 8.42 Å². The number of rotatable bonds is 8. The number of hydrogen-bond acceptors (Lipinski definition) is 3. The molecule has 5 nitrogen and oxygen atoms in total. The summed E-state index contributed by atoms with van der Waals surface area (Å²) in [6.07, 6.45) is 3.31. The molecule has 0 atom stereocenters. The molecular formula is C14H22BrN3O2S. The average Bonchev–Trinajstić information content (AvgIpc) is 3.22. The van der Waals surface area contributed by atoms with E-state index in [2.05, 4.69) is 26.0 Å². The highest BCUT2D eigenvalue weighted by molar-refractivity contribution is 9.10. The van der Waals surface area contributed by atoms with Gasteiger partial charge >= 0.3 is 10.2 Å². The number of benzene rings is 1. The molecule has 0 aromatic heterocycles. The molecule has 1 aliphatic carbocycles. The Balaban J connectivity index is 1.85. The predicted octanol–water partition coefficient (Wildman–Crippen LogP) is 2.49. The lowest BCUT2D eigenvalue weighted by atomic mass is 10.2. The molecule has 2 rings (SSSR count). The number of halogens is 1. The van der Waals surface area contributed by atoms with E-state index in [1.807, 2.05) is 13.0 Å². The minimum Gasteiger partial charge on any atom is -0.314 e. The molecule has 118 valence electrons. The van der Waals surface area contributed by atoms with E-state index >= 15 is 0 Å². The summed E-state index contributed by atoms with van der Waals surface area (Å²) in [5.74, 6) is 0. The van der Waals surface area contributed by atoms with E-state index in [4.69, 9.17) is 0 Å². The zero-order valence-corrected chi connectivity index (χ0v) is 14.8. The number of aryl methyl sites for hydroxylation is 1. The van der Waals surface area contributed by atoms with Crippen molar-refractivity contribution in [3.8, 4) is 0 Å². The van der Waals surface area contributed by atoms with Gasteiger partial charge in [0.25, 0.3) is 0 Å². The average molecular weight is 376 g/mol. The van der Waals surface area contributed by atoms with Crippen LogP contribution in [-0.4, -0.2) is 38.9 Å². The van der Waals surface area contributed by atoms with Gasteiger partial charge in [-0.05, 0) is 50.4 Å². The van der Waals surface area contributed by atoms with Crippen molar-refractivity contribution in [2.24, 2.45) is 0 Å². The van der Waals surface area contributed by atoms with Crippen molar-refractivity contribution in [1.82, 2.24) is 9.62 Å². The normalized spacial score (nSPS) is 15.4. The molecule has 0 bridgehead atoms. The summed E-state index contributed by atoms with van der Waals surface area (Å²) in [4.78, 5) is 0. The van der Waals surface area contributed by atoms with Crippen LogP contribution in [0.1, 0.15) is 24.8 Å². The smallest absolute Gasteiger partial charge is 0.301 e. The highest BCUT2D eigenvalue weighted by Gasteiger charge is 2.21. The highest BCUT2D eigenvalue weighted by atomic mass is 79.9. The van der Waals surface area contributed by atoms with Gasteiger partial charge in [0.2, 0.25) is 0 Å². The summed E-state index contributed by atoms with van der Waals surface area (Å²) in [7, 11) is -1.89. The minimum atomic E-state index is -3.49. The second kappa shape index (κ2) is 7.09. The van der Waals surface area contributed by atoms with E-state index in [1.165, 1.54) is 17.1 Å². The first-order valence-electron chi connectivity index (χ1n) is 7.12. The van der Waals surface area contributed by atoms with Gasteiger partial charge < -0.3 is 5.32 Å². The van der Waals surface area contributed by atoms with Crippen LogP contribution in [0.4, 0.5) is 5.69 Å². The molecule has 7 heteroatoms. The monoisotopic (exact) mass is 375 g/mol. The van der Waals surface area contributed by atoms with Crippen molar-refractivity contribution in [2.75, 3.05) is 24.9 Å². The predicted molar refractivity (Wildman–Crippen MR) is 89.7 cm³/mol. The topological polar surface area (TPSA) is 61.4 Å². The van der Waals surface area contributed by atoms with Crippen LogP contribution in [0.25, 0.3) is 0 Å². The number of nitrogens with zero attached hydrogens (tertiary/aromatic N) is 1. The summed E-state index contributed by atoms with van der Waals surface area (Å²) >= 11 is 3.40. The summed E-state index contributed by atoms with van der Waals surface area (Å²) in [5, 5.41) is 3.38. The van der Waals surface area contributed by atoms with Gasteiger partial charge in [-0.1, -0.05) is 22.0 Å². The molecule has 1 saturated carbocycles. The van der Waals surface area contributed by atoms with Gasteiger partial charge in [0.05, 0.1) is 5.69 Å². The van der Waals surface area contributed by atoms with Crippen LogP contribution in [0.3, 0.4) is 0 Å². The molecule has 0 aliphatic heterocycles. The van der Waals surface area contributed by atoms with Gasteiger partial charge in [0.1, 0.15) is 0 Å². The Labute approximate surface area is 135 Å². The third-order valence-electron chi connectivity index (χ3n) is 3.49. The molecule has 0 unspecified atom stereocenters. The maximum atomic E-state index is 12.2. The third-order valence-corrected chi connectivity index (χ3v) is 5.84. The summed E-state index contributed by atoms with van der Waals surface area (Å²) in [6.45, 7) is 3.32. The molecule has 0 heterocycles. The van der Waals surface area contributed by atoms with E-state index < -0.39 is 10.2 Å². The number of nitrogens with one attached hydrogen (secondary N) is 2. The quantitative estimate of drug-likeness (QED) is 0.686. The van der Waals surface area contributed by atoms with Crippen molar-refractivity contribution in [3.05, 3.63) is 28.2 Å². The largest absolute Gasteiger partial charge is 0.314 e. The molecule has 0 radical (unpaired) electrons. The Morgan fingerprint density at radius 1 is 1.38 bits per heavy atom. The number of hydrogen-bond donors (Lipinski definition) is 2. The zero-order chi connectivity index (χ0) is 15.5. The Hall–Kier alpha value is -0.630. The fourth-order valence-electron chi connectivity index (χ4n) is 1.90. The maximum absolute atomic E-state index is 12.2. The number of anilines is 1. The molecule has 2 N–H and O–H groups in total. The third kappa shape index (κ3) is 5.25. The zero-order valence-electron chi connectivity index (χ0n) is 12.4. The first-order chi connectivity index (χ1) is 9.88. The van der Waals surface area contributed by atoms with Crippen LogP contribution >= 0.6 is 15.9 Å². The van der Waals surface area contributed by atoms with Crippen molar-refractivity contribution in [2.45, 2.75) is 32.2 Å². The molecule has 0 saturated heterocycles. The molecule has 0 spiro atoms. The maximum Gasteiger partial charge on any atom is 0.301 e. The van der Waals surface area contributed by atoms with Crippen LogP contribution in [-0.2, 0) is 10.2 Å². The minimum absolute atomic E-state index is 0.502. The van der Waals surface area contributed by atoms with Crippen LogP contribution in [0.15, 0.2) is 22.7 Å². The summed E-state index contributed by atoms with van der Waals surface area (Å²) in [5.41, 5.74) is 1.63. The van der Waals surface area contributed by atoms with Gasteiger partial charge in [-0.2, -0.15) is 12.7 Å². The van der Waals surface area contributed by atoms with Gasteiger partial charge in [0, 0.05) is 24.1 Å². The van der Waals surface area contributed by atoms with Gasteiger partial charge in [0.15, 0.2) is 0 Å². The molecule has 0 amide bonds. The SMILES string of the molecule is Cc1ccc(NS(=O)(=O)N(C)CCCNC2CC2)cc1Br. The van der Waals surface area contributed by atoms with E-state index in [0.29, 0.717) is 18.3 Å². The Kier molecular flexibility index (Phi) is 5.65. The first-order valence-corrected chi connectivity index (χ1v) is 9.35. The van der Waals surface area contributed by atoms with Crippen molar-refractivity contribution in [1.29, 1.82) is 0 Å². The van der Waals surface area contributed by atoms with Crippen LogP contribution < -0.4 is 10.0 Å². The van der Waals surface area contributed by atoms with Crippen LogP contribution in [0, 0.1) is 6.92 Å². The molecular weight excluding hydrogens is 354 g/mol. The summed E-state index contributed by atoms with van der Waals surface area (Å²) < 4.78 is 29.3. The lowest BCUT2D eigenvalue weighted by Gasteiger charge is -2.18. The lowest BCUT2D eigenvalue weighted by Crippen LogP contribution is -2.34. The summed E-state index contributed by atoms with van der Waals surface area (Å²) in [6, 6.07) is 6.08. The standard InChI is InChI=1S/C14H22BrN3O2S/c1-11-4-5-13(10-14(11)15)17-21(19,20)18(2)9-3-8-16-12-6-7-12/h4-5,10,12,16-17H,3,6-9H2,1-2H3. The van der Waals surface area contributed by atoms with E-state index in [1.54, 1.807) is 19.2 Å². The van der Waals surface area contributed by atoms with Crippen molar-refractivity contribution < 1.29 is 8.42 Å². The van der Waals surface area contributed by atoms with E-state index in [-0.39, 0.29) is 0 Å². The van der Waals surface area contributed by atoms with Gasteiger partial charge in [-0.25, -0.2) is 0 Å². The van der Waals surface area contributed by atoms with Gasteiger partial charge in [-0.3, -0.25) is 4.72 Å². The van der Waals surface area contributed by atoms with Crippen molar-refractivity contribution in [3.63, 3.8) is 0 Å². The second-order valence-corrected chi connectivity index (χ2v) is 8.11.